The average molecular weight is 244 g/mol. The van der Waals surface area contributed by atoms with Gasteiger partial charge in [-0.05, 0) is 37.3 Å². The molecular formula is C15H20N2O. The maximum atomic E-state index is 9.02. The highest BCUT2D eigenvalue weighted by Crippen LogP contribution is 2.18. The van der Waals surface area contributed by atoms with Crippen molar-refractivity contribution in [3.63, 3.8) is 0 Å². The number of aliphatic hydroxyl groups excluding tert-OH is 1. The van der Waals surface area contributed by atoms with Gasteiger partial charge in [0.2, 0.25) is 0 Å². The zero-order valence-electron chi connectivity index (χ0n) is 11.0. The van der Waals surface area contributed by atoms with Crippen LogP contribution in [-0.4, -0.2) is 22.2 Å². The van der Waals surface area contributed by atoms with Gasteiger partial charge in [0, 0.05) is 36.5 Å². The first-order valence-corrected chi connectivity index (χ1v) is 6.30. The van der Waals surface area contributed by atoms with Crippen molar-refractivity contribution in [1.29, 1.82) is 0 Å². The van der Waals surface area contributed by atoms with Crippen LogP contribution in [0.1, 0.15) is 25.8 Å². The topological polar surface area (TPSA) is 45.1 Å². The summed E-state index contributed by atoms with van der Waals surface area (Å²) in [4.78, 5) is 4.14. The molecule has 3 heteroatoms. The second kappa shape index (κ2) is 5.46. The highest BCUT2D eigenvalue weighted by Gasteiger charge is 2.16. The molecule has 96 valence electrons. The predicted octanol–water partition coefficient (Wildman–Crippen LogP) is 2.49. The molecule has 2 N–H and O–H groups in total. The van der Waals surface area contributed by atoms with Crippen molar-refractivity contribution in [2.24, 2.45) is 0 Å². The molecule has 0 atom stereocenters. The summed E-state index contributed by atoms with van der Waals surface area (Å²) in [5.41, 5.74) is 1.21. The fourth-order valence-corrected chi connectivity index (χ4v) is 2.05. The molecule has 1 aromatic carbocycles. The van der Waals surface area contributed by atoms with Gasteiger partial charge in [0.1, 0.15) is 0 Å². The van der Waals surface area contributed by atoms with Crippen molar-refractivity contribution in [1.82, 2.24) is 10.3 Å². The lowest BCUT2D eigenvalue weighted by atomic mass is 10.00. The Bertz CT molecular complexity index is 517. The molecule has 18 heavy (non-hydrogen) atoms. The van der Waals surface area contributed by atoms with Crippen LogP contribution in [0.25, 0.3) is 10.8 Å². The third kappa shape index (κ3) is 3.06. The van der Waals surface area contributed by atoms with Gasteiger partial charge in [-0.25, -0.2) is 0 Å². The Hall–Kier alpha value is -1.45. The van der Waals surface area contributed by atoms with Gasteiger partial charge in [-0.2, -0.15) is 0 Å². The van der Waals surface area contributed by atoms with E-state index in [2.05, 4.69) is 42.3 Å². The van der Waals surface area contributed by atoms with Crippen LogP contribution in [-0.2, 0) is 6.54 Å². The number of fused-ring (bicyclic) bond motifs is 1. The quantitative estimate of drug-likeness (QED) is 0.849. The zero-order chi connectivity index (χ0) is 13.0. The van der Waals surface area contributed by atoms with E-state index < -0.39 is 0 Å². The average Bonchev–Trinajstić information content (AvgIpc) is 2.36. The number of hydrogen-bond acceptors (Lipinski definition) is 3. The van der Waals surface area contributed by atoms with E-state index in [4.69, 9.17) is 5.11 Å². The summed E-state index contributed by atoms with van der Waals surface area (Å²) in [5, 5.41) is 14.9. The van der Waals surface area contributed by atoms with Crippen LogP contribution in [0.5, 0.6) is 0 Å². The summed E-state index contributed by atoms with van der Waals surface area (Å²) < 4.78 is 0. The van der Waals surface area contributed by atoms with Crippen LogP contribution in [0.15, 0.2) is 36.7 Å². The number of aromatic nitrogens is 1. The molecule has 0 fully saturated rings. The minimum Gasteiger partial charge on any atom is -0.396 e. The zero-order valence-corrected chi connectivity index (χ0v) is 11.0. The highest BCUT2D eigenvalue weighted by molar-refractivity contribution is 5.84. The van der Waals surface area contributed by atoms with Crippen molar-refractivity contribution >= 4 is 10.8 Å². The second-order valence-corrected chi connectivity index (χ2v) is 5.22. The minimum atomic E-state index is -0.0516. The molecule has 0 spiro atoms. The van der Waals surface area contributed by atoms with Crippen LogP contribution in [0.2, 0.25) is 0 Å². The first kappa shape index (κ1) is 13.0. The molecule has 0 amide bonds. The molecule has 1 heterocycles. The number of aliphatic hydroxyl groups is 1. The summed E-state index contributed by atoms with van der Waals surface area (Å²) >= 11 is 0. The smallest absolute Gasteiger partial charge is 0.0448 e. The van der Waals surface area contributed by atoms with Crippen LogP contribution in [0.4, 0.5) is 0 Å². The van der Waals surface area contributed by atoms with E-state index in [0.717, 1.165) is 18.4 Å². The second-order valence-electron chi connectivity index (χ2n) is 5.22. The monoisotopic (exact) mass is 244 g/mol. The van der Waals surface area contributed by atoms with Crippen molar-refractivity contribution in [2.75, 3.05) is 6.61 Å². The van der Waals surface area contributed by atoms with E-state index in [1.807, 2.05) is 18.5 Å². The Morgan fingerprint density at radius 3 is 2.89 bits per heavy atom. The molecule has 2 rings (SSSR count). The lowest BCUT2D eigenvalue weighted by molar-refractivity contribution is 0.230. The molecule has 0 aliphatic heterocycles. The SMILES string of the molecule is CC(C)(CCO)NCc1cccc2cnccc12. The van der Waals surface area contributed by atoms with E-state index in [0.29, 0.717) is 0 Å². The first-order valence-electron chi connectivity index (χ1n) is 6.30. The number of nitrogens with one attached hydrogen (secondary N) is 1. The fraction of sp³-hybridized carbons (Fsp3) is 0.400. The molecule has 2 aromatic rings. The normalized spacial score (nSPS) is 11.9. The molecule has 0 saturated carbocycles. The van der Waals surface area contributed by atoms with Crippen LogP contribution >= 0.6 is 0 Å². The van der Waals surface area contributed by atoms with Crippen LogP contribution < -0.4 is 5.32 Å². The molecule has 0 aliphatic carbocycles. The first-order chi connectivity index (χ1) is 8.62. The van der Waals surface area contributed by atoms with Gasteiger partial charge in [-0.1, -0.05) is 18.2 Å². The molecule has 3 nitrogen and oxygen atoms in total. The van der Waals surface area contributed by atoms with Gasteiger partial charge in [-0.3, -0.25) is 4.98 Å². The van der Waals surface area contributed by atoms with Gasteiger partial charge in [0.05, 0.1) is 0 Å². The number of hydrogen-bond donors (Lipinski definition) is 2. The van der Waals surface area contributed by atoms with Crippen molar-refractivity contribution in [3.05, 3.63) is 42.2 Å². The van der Waals surface area contributed by atoms with Crippen molar-refractivity contribution < 1.29 is 5.11 Å². The summed E-state index contributed by atoms with van der Waals surface area (Å²) in [6, 6.07) is 8.31. The van der Waals surface area contributed by atoms with Crippen molar-refractivity contribution in [3.8, 4) is 0 Å². The largest absolute Gasteiger partial charge is 0.396 e. The van der Waals surface area contributed by atoms with E-state index in [9.17, 15) is 0 Å². The van der Waals surface area contributed by atoms with E-state index >= 15 is 0 Å². The maximum Gasteiger partial charge on any atom is 0.0448 e. The number of benzene rings is 1. The molecule has 0 bridgehead atoms. The Labute approximate surface area is 108 Å². The Morgan fingerprint density at radius 1 is 1.28 bits per heavy atom. The van der Waals surface area contributed by atoms with Gasteiger partial charge in [0.15, 0.2) is 0 Å². The summed E-state index contributed by atoms with van der Waals surface area (Å²) in [6.45, 7) is 5.22. The van der Waals surface area contributed by atoms with Gasteiger partial charge in [-0.15, -0.1) is 0 Å². The predicted molar refractivity (Wildman–Crippen MR) is 74.4 cm³/mol. The van der Waals surface area contributed by atoms with E-state index in [1.54, 1.807) is 0 Å². The molecule has 0 radical (unpaired) electrons. The highest BCUT2D eigenvalue weighted by atomic mass is 16.3. The van der Waals surface area contributed by atoms with E-state index in [-0.39, 0.29) is 12.1 Å². The van der Waals surface area contributed by atoms with Crippen LogP contribution in [0.3, 0.4) is 0 Å². The van der Waals surface area contributed by atoms with Gasteiger partial charge < -0.3 is 10.4 Å². The lowest BCUT2D eigenvalue weighted by Crippen LogP contribution is -2.39. The number of rotatable bonds is 5. The van der Waals surface area contributed by atoms with Crippen LogP contribution in [0, 0.1) is 0 Å². The van der Waals surface area contributed by atoms with Gasteiger partial charge in [0.25, 0.3) is 0 Å². The Balaban J connectivity index is 2.17. The fourth-order valence-electron chi connectivity index (χ4n) is 2.05. The standard InChI is InChI=1S/C15H20N2O/c1-15(2,7-9-18)17-11-13-5-3-4-12-10-16-8-6-14(12)13/h3-6,8,10,17-18H,7,9,11H2,1-2H3. The molecule has 0 aliphatic rings. The molecule has 0 unspecified atom stereocenters. The Morgan fingerprint density at radius 2 is 2.11 bits per heavy atom. The number of pyridine rings is 1. The third-order valence-electron chi connectivity index (χ3n) is 3.27. The summed E-state index contributed by atoms with van der Waals surface area (Å²) in [6.07, 6.45) is 4.46. The number of nitrogens with zero attached hydrogens (tertiary/aromatic N) is 1. The van der Waals surface area contributed by atoms with Gasteiger partial charge >= 0.3 is 0 Å². The molecule has 0 saturated heterocycles. The van der Waals surface area contributed by atoms with E-state index in [1.165, 1.54) is 10.9 Å². The summed E-state index contributed by atoms with van der Waals surface area (Å²) in [7, 11) is 0. The summed E-state index contributed by atoms with van der Waals surface area (Å²) in [5.74, 6) is 0. The molecule has 1 aromatic heterocycles. The molecular weight excluding hydrogens is 224 g/mol. The minimum absolute atomic E-state index is 0.0516. The lowest BCUT2D eigenvalue weighted by Gasteiger charge is -2.25. The van der Waals surface area contributed by atoms with Crippen molar-refractivity contribution in [2.45, 2.75) is 32.4 Å². The third-order valence-corrected chi connectivity index (χ3v) is 3.27. The Kier molecular flexibility index (Phi) is 3.94. The maximum absolute atomic E-state index is 9.02.